The van der Waals surface area contributed by atoms with Gasteiger partial charge < -0.3 is 14.6 Å². The monoisotopic (exact) mass is 456 g/mol. The number of benzene rings is 1. The SMILES string of the molecule is C[C@H](Cc1nncn1C)c1cccc(NC(=O)N2CCOc3cc(Br)cnc32)c1. The molecule has 2 aromatic heterocycles. The van der Waals surface area contributed by atoms with E-state index in [2.05, 4.69) is 49.4 Å². The van der Waals surface area contributed by atoms with E-state index in [9.17, 15) is 4.79 Å². The number of aryl methyl sites for hydroxylation is 1. The molecule has 8 nitrogen and oxygen atoms in total. The lowest BCUT2D eigenvalue weighted by molar-refractivity contribution is 0.249. The Hall–Kier alpha value is -2.94. The summed E-state index contributed by atoms with van der Waals surface area (Å²) in [5, 5.41) is 11.1. The van der Waals surface area contributed by atoms with Crippen molar-refractivity contribution >= 4 is 33.5 Å². The number of hydrogen-bond donors (Lipinski definition) is 1. The number of ether oxygens (including phenoxy) is 1. The molecule has 0 saturated heterocycles. The second kappa shape index (κ2) is 8.20. The van der Waals surface area contributed by atoms with Crippen LogP contribution in [0.2, 0.25) is 0 Å². The van der Waals surface area contributed by atoms with Crippen molar-refractivity contribution in [2.45, 2.75) is 19.3 Å². The van der Waals surface area contributed by atoms with Crippen LogP contribution in [0, 0.1) is 0 Å². The van der Waals surface area contributed by atoms with Gasteiger partial charge in [0.05, 0.1) is 6.54 Å². The van der Waals surface area contributed by atoms with Crippen molar-refractivity contribution in [1.82, 2.24) is 19.7 Å². The first-order chi connectivity index (χ1) is 14.0. The van der Waals surface area contributed by atoms with E-state index < -0.39 is 0 Å². The molecule has 0 aliphatic carbocycles. The molecule has 1 aromatic carbocycles. The van der Waals surface area contributed by atoms with Crippen molar-refractivity contribution in [3.63, 3.8) is 0 Å². The Kier molecular flexibility index (Phi) is 5.48. The number of aromatic nitrogens is 4. The van der Waals surface area contributed by atoms with Crippen molar-refractivity contribution < 1.29 is 9.53 Å². The zero-order chi connectivity index (χ0) is 20.4. The molecule has 3 heterocycles. The molecule has 3 aromatic rings. The van der Waals surface area contributed by atoms with Crippen molar-refractivity contribution in [1.29, 1.82) is 0 Å². The predicted molar refractivity (Wildman–Crippen MR) is 113 cm³/mol. The highest BCUT2D eigenvalue weighted by Gasteiger charge is 2.25. The number of rotatable bonds is 4. The molecule has 0 unspecified atom stereocenters. The van der Waals surface area contributed by atoms with Crippen molar-refractivity contribution in [3.05, 3.63) is 58.7 Å². The van der Waals surface area contributed by atoms with Crippen LogP contribution in [-0.2, 0) is 13.5 Å². The Morgan fingerprint density at radius 2 is 2.24 bits per heavy atom. The fourth-order valence-corrected chi connectivity index (χ4v) is 3.58. The number of fused-ring (bicyclic) bond motifs is 1. The molecule has 2 amide bonds. The van der Waals surface area contributed by atoms with E-state index in [1.54, 1.807) is 17.4 Å². The zero-order valence-corrected chi connectivity index (χ0v) is 17.8. The van der Waals surface area contributed by atoms with Crippen LogP contribution in [0.1, 0.15) is 24.2 Å². The van der Waals surface area contributed by atoms with E-state index >= 15 is 0 Å². The maximum atomic E-state index is 12.9. The summed E-state index contributed by atoms with van der Waals surface area (Å²) in [5.74, 6) is 2.27. The van der Waals surface area contributed by atoms with E-state index in [-0.39, 0.29) is 11.9 Å². The molecule has 0 radical (unpaired) electrons. The number of nitrogens with zero attached hydrogens (tertiary/aromatic N) is 5. The summed E-state index contributed by atoms with van der Waals surface area (Å²) in [6, 6.07) is 9.46. The molecule has 29 heavy (non-hydrogen) atoms. The van der Waals surface area contributed by atoms with E-state index in [0.717, 1.165) is 28.0 Å². The molecule has 150 valence electrons. The highest BCUT2D eigenvalue weighted by Crippen LogP contribution is 2.32. The molecule has 9 heteroatoms. The van der Waals surface area contributed by atoms with Gasteiger partial charge in [0.1, 0.15) is 18.8 Å². The molecule has 0 saturated carbocycles. The lowest BCUT2D eigenvalue weighted by Gasteiger charge is -2.28. The minimum atomic E-state index is -0.234. The number of halogens is 1. The van der Waals surface area contributed by atoms with Gasteiger partial charge in [0.25, 0.3) is 0 Å². The largest absolute Gasteiger partial charge is 0.488 e. The van der Waals surface area contributed by atoms with Gasteiger partial charge in [-0.15, -0.1) is 10.2 Å². The fourth-order valence-electron chi connectivity index (χ4n) is 3.27. The van der Waals surface area contributed by atoms with Gasteiger partial charge in [-0.2, -0.15) is 0 Å². The van der Waals surface area contributed by atoms with E-state index in [1.807, 2.05) is 35.9 Å². The van der Waals surface area contributed by atoms with Crippen LogP contribution >= 0.6 is 15.9 Å². The zero-order valence-electron chi connectivity index (χ0n) is 16.2. The first-order valence-corrected chi connectivity index (χ1v) is 10.1. The molecular formula is C20H21BrN6O2. The van der Waals surface area contributed by atoms with Gasteiger partial charge in [0.2, 0.25) is 0 Å². The first kappa shape index (κ1) is 19.4. The first-order valence-electron chi connectivity index (χ1n) is 9.31. The van der Waals surface area contributed by atoms with Gasteiger partial charge in [0.15, 0.2) is 11.6 Å². The van der Waals surface area contributed by atoms with Gasteiger partial charge >= 0.3 is 6.03 Å². The number of nitrogens with one attached hydrogen (secondary N) is 1. The van der Waals surface area contributed by atoms with Crippen LogP contribution in [-0.4, -0.2) is 38.9 Å². The summed E-state index contributed by atoms with van der Waals surface area (Å²) in [4.78, 5) is 18.8. The maximum absolute atomic E-state index is 12.9. The lowest BCUT2D eigenvalue weighted by atomic mass is 9.97. The van der Waals surface area contributed by atoms with E-state index in [4.69, 9.17) is 4.74 Å². The summed E-state index contributed by atoms with van der Waals surface area (Å²) in [5.41, 5.74) is 1.86. The molecule has 0 spiro atoms. The van der Waals surface area contributed by atoms with Crippen molar-refractivity contribution in [3.8, 4) is 5.75 Å². The lowest BCUT2D eigenvalue weighted by Crippen LogP contribution is -2.41. The van der Waals surface area contributed by atoms with Crippen LogP contribution < -0.4 is 15.0 Å². The number of pyridine rings is 1. The maximum Gasteiger partial charge on any atom is 0.327 e. The predicted octanol–water partition coefficient (Wildman–Crippen LogP) is 3.75. The minimum Gasteiger partial charge on any atom is -0.488 e. The van der Waals surface area contributed by atoms with Crippen molar-refractivity contribution in [2.24, 2.45) is 7.05 Å². The highest BCUT2D eigenvalue weighted by atomic mass is 79.9. The fraction of sp³-hybridized carbons (Fsp3) is 0.300. The molecule has 1 N–H and O–H groups in total. The van der Waals surface area contributed by atoms with Gasteiger partial charge in [-0.25, -0.2) is 9.78 Å². The second-order valence-corrected chi connectivity index (χ2v) is 7.91. The van der Waals surface area contributed by atoms with Crippen LogP contribution in [0.3, 0.4) is 0 Å². The second-order valence-electron chi connectivity index (χ2n) is 6.99. The van der Waals surface area contributed by atoms with E-state index in [1.165, 1.54) is 0 Å². The summed E-state index contributed by atoms with van der Waals surface area (Å²) < 4.78 is 8.35. The summed E-state index contributed by atoms with van der Waals surface area (Å²) in [6.45, 7) is 3.00. The van der Waals surface area contributed by atoms with Gasteiger partial charge in [-0.3, -0.25) is 4.90 Å². The third-order valence-electron chi connectivity index (χ3n) is 4.87. The molecule has 1 aliphatic heterocycles. The minimum absolute atomic E-state index is 0.234. The molecule has 1 aliphatic rings. The summed E-state index contributed by atoms with van der Waals surface area (Å²) >= 11 is 3.38. The number of carbonyl (C=O) groups is 1. The van der Waals surface area contributed by atoms with Gasteiger partial charge in [-0.05, 0) is 45.6 Å². The third kappa shape index (κ3) is 4.24. The Balaban J connectivity index is 1.48. The molecule has 4 rings (SSSR count). The average Bonchev–Trinajstić information content (AvgIpc) is 3.11. The van der Waals surface area contributed by atoms with Crippen LogP contribution in [0.5, 0.6) is 5.75 Å². The topological polar surface area (TPSA) is 85.2 Å². The molecule has 1 atom stereocenters. The van der Waals surface area contributed by atoms with E-state index in [0.29, 0.717) is 24.7 Å². The number of carbonyl (C=O) groups excluding carboxylic acids is 1. The smallest absolute Gasteiger partial charge is 0.327 e. The Morgan fingerprint density at radius 1 is 1.38 bits per heavy atom. The quantitative estimate of drug-likeness (QED) is 0.645. The standard InChI is InChI=1S/C20H21BrN6O2/c1-13(8-18-25-23-12-26(18)2)14-4-3-5-16(9-14)24-20(28)27-6-7-29-17-10-15(21)11-22-19(17)27/h3-5,9-13H,6-8H2,1-2H3,(H,24,28)/t13-/m1/s1. The Morgan fingerprint density at radius 3 is 3.03 bits per heavy atom. The number of amides is 2. The molecular weight excluding hydrogens is 436 g/mol. The Bertz CT molecular complexity index is 1040. The summed E-state index contributed by atoms with van der Waals surface area (Å²) in [7, 11) is 1.94. The van der Waals surface area contributed by atoms with Crippen molar-refractivity contribution in [2.75, 3.05) is 23.4 Å². The molecule has 0 bridgehead atoms. The number of anilines is 2. The van der Waals surface area contributed by atoms with Crippen LogP contribution in [0.15, 0.2) is 47.3 Å². The highest BCUT2D eigenvalue weighted by molar-refractivity contribution is 9.10. The average molecular weight is 457 g/mol. The Labute approximate surface area is 177 Å². The van der Waals surface area contributed by atoms with Gasteiger partial charge in [-0.1, -0.05) is 19.1 Å². The normalized spacial score (nSPS) is 14.1. The summed E-state index contributed by atoms with van der Waals surface area (Å²) in [6.07, 6.45) is 4.12. The van der Waals surface area contributed by atoms with Gasteiger partial charge in [0, 0.05) is 29.8 Å². The molecule has 0 fully saturated rings. The van der Waals surface area contributed by atoms with Crippen LogP contribution in [0.25, 0.3) is 0 Å². The van der Waals surface area contributed by atoms with Crippen LogP contribution in [0.4, 0.5) is 16.3 Å². The number of hydrogen-bond acceptors (Lipinski definition) is 5. The third-order valence-corrected chi connectivity index (χ3v) is 5.31. The number of urea groups is 1.